The number of hydrogen-bond acceptors (Lipinski definition) is 5. The Hall–Kier alpha value is -3.45. The summed E-state index contributed by atoms with van der Waals surface area (Å²) in [6.07, 6.45) is 5.42. The van der Waals surface area contributed by atoms with E-state index in [0.29, 0.717) is 17.9 Å². The van der Waals surface area contributed by atoms with Crippen LogP contribution in [0.25, 0.3) is 22.9 Å². The first-order valence-corrected chi connectivity index (χ1v) is 11.0. The van der Waals surface area contributed by atoms with E-state index >= 15 is 0 Å². The lowest BCUT2D eigenvalue weighted by molar-refractivity contribution is -0.402. The fraction of sp³-hybridized carbons (Fsp3) is 0.320. The highest BCUT2D eigenvalue weighted by molar-refractivity contribution is 6.08. The van der Waals surface area contributed by atoms with Crippen LogP contribution < -0.4 is 5.32 Å². The van der Waals surface area contributed by atoms with Gasteiger partial charge in [-0.2, -0.15) is 0 Å². The number of hydrogen-bond donors (Lipinski definition) is 1. The summed E-state index contributed by atoms with van der Waals surface area (Å²) in [5, 5.41) is 15.7. The van der Waals surface area contributed by atoms with Crippen LogP contribution in [0.15, 0.2) is 52.9 Å². The van der Waals surface area contributed by atoms with Crippen molar-refractivity contribution in [3.63, 3.8) is 0 Å². The zero-order valence-corrected chi connectivity index (χ0v) is 18.5. The van der Waals surface area contributed by atoms with Gasteiger partial charge in [0.25, 0.3) is 5.91 Å². The molecule has 0 bridgehead atoms. The van der Waals surface area contributed by atoms with Crippen LogP contribution in [0, 0.1) is 10.1 Å². The van der Waals surface area contributed by atoms with Gasteiger partial charge in [0.15, 0.2) is 0 Å². The van der Waals surface area contributed by atoms with Gasteiger partial charge in [-0.1, -0.05) is 44.2 Å². The van der Waals surface area contributed by atoms with E-state index in [-0.39, 0.29) is 11.8 Å². The van der Waals surface area contributed by atoms with Crippen LogP contribution in [0.1, 0.15) is 48.4 Å². The Bertz CT molecular complexity index is 1100. The van der Waals surface area contributed by atoms with Crippen molar-refractivity contribution in [2.45, 2.75) is 26.7 Å². The highest BCUT2D eigenvalue weighted by Gasteiger charge is 2.12. The Labute approximate surface area is 187 Å². The predicted molar refractivity (Wildman–Crippen MR) is 128 cm³/mol. The second-order valence-electron chi connectivity index (χ2n) is 7.55. The number of carbonyl (C=O) groups excluding carboxylic acids is 1. The Morgan fingerprint density at radius 3 is 2.59 bits per heavy atom. The number of furan rings is 1. The smallest absolute Gasteiger partial charge is 0.401 e. The lowest BCUT2D eigenvalue weighted by Crippen LogP contribution is -2.27. The third kappa shape index (κ3) is 6.04. The molecule has 7 nitrogen and oxygen atoms in total. The molecule has 0 aliphatic carbocycles. The van der Waals surface area contributed by atoms with Gasteiger partial charge in [-0.3, -0.25) is 14.9 Å². The topological polar surface area (TPSA) is 88.6 Å². The number of nitrogens with zero attached hydrogens (tertiary/aromatic N) is 2. The first kappa shape index (κ1) is 23.2. The van der Waals surface area contributed by atoms with Crippen LogP contribution in [0.3, 0.4) is 0 Å². The largest absolute Gasteiger partial charge is 0.433 e. The van der Waals surface area contributed by atoms with E-state index in [1.165, 1.54) is 6.07 Å². The van der Waals surface area contributed by atoms with Crippen molar-refractivity contribution in [3.05, 3.63) is 75.5 Å². The zero-order chi connectivity index (χ0) is 22.9. The molecule has 0 unspecified atom stereocenters. The molecule has 0 spiro atoms. The first-order valence-electron chi connectivity index (χ1n) is 11.0. The number of rotatable bonds is 11. The first-order chi connectivity index (χ1) is 15.5. The van der Waals surface area contributed by atoms with Gasteiger partial charge in [-0.25, -0.2) is 0 Å². The number of nitro groups is 1. The summed E-state index contributed by atoms with van der Waals surface area (Å²) in [4.78, 5) is 25.5. The maximum atomic E-state index is 12.9. The number of amides is 1. The third-order valence-electron chi connectivity index (χ3n) is 5.44. The minimum absolute atomic E-state index is 0.104. The Morgan fingerprint density at radius 1 is 1.09 bits per heavy atom. The molecule has 1 amide bonds. The molecule has 3 rings (SSSR count). The van der Waals surface area contributed by atoms with Gasteiger partial charge in [0.1, 0.15) is 10.7 Å². The molecule has 0 radical (unpaired) electrons. The van der Waals surface area contributed by atoms with E-state index < -0.39 is 4.92 Å². The summed E-state index contributed by atoms with van der Waals surface area (Å²) in [6.45, 7) is 8.07. The normalized spacial score (nSPS) is 11.5. The molecular weight excluding hydrogens is 406 g/mol. The van der Waals surface area contributed by atoms with E-state index in [2.05, 4.69) is 24.1 Å². The predicted octanol–water partition coefficient (Wildman–Crippen LogP) is 5.36. The van der Waals surface area contributed by atoms with Crippen molar-refractivity contribution in [1.82, 2.24) is 10.2 Å². The fourth-order valence-electron chi connectivity index (χ4n) is 3.62. The molecular formula is C25H29N3O4. The second kappa shape index (κ2) is 11.2. The van der Waals surface area contributed by atoms with Crippen LogP contribution in [-0.2, 0) is 0 Å². The van der Waals surface area contributed by atoms with Crippen molar-refractivity contribution in [2.75, 3.05) is 26.2 Å². The summed E-state index contributed by atoms with van der Waals surface area (Å²) < 4.78 is 5.17. The van der Waals surface area contributed by atoms with Gasteiger partial charge < -0.3 is 14.6 Å². The lowest BCUT2D eigenvalue weighted by Gasteiger charge is -2.17. The van der Waals surface area contributed by atoms with E-state index in [1.807, 2.05) is 36.4 Å². The van der Waals surface area contributed by atoms with Gasteiger partial charge >= 0.3 is 5.88 Å². The van der Waals surface area contributed by atoms with Crippen molar-refractivity contribution >= 4 is 34.7 Å². The summed E-state index contributed by atoms with van der Waals surface area (Å²) >= 11 is 0. The van der Waals surface area contributed by atoms with Gasteiger partial charge in [0.05, 0.1) is 6.07 Å². The highest BCUT2D eigenvalue weighted by Crippen LogP contribution is 2.24. The standard InChI is InChI=1S/C25H29N3O4/c1-3-27(4-2)16-8-7-15-26-25(29)23-18-19(17-20-9-5-6-10-22(20)23)11-12-21-13-14-24(32-21)28(30)31/h5-6,9-14,17-18H,3-4,7-8,15-16H2,1-2H3,(H,26,29)/b12-11-. The summed E-state index contributed by atoms with van der Waals surface area (Å²) in [5.41, 5.74) is 1.42. The molecule has 3 aromatic rings. The number of unbranched alkanes of at least 4 members (excludes halogenated alkanes) is 1. The molecule has 7 heteroatoms. The Morgan fingerprint density at radius 2 is 1.88 bits per heavy atom. The molecule has 0 aliphatic heterocycles. The van der Waals surface area contributed by atoms with Crippen molar-refractivity contribution in [3.8, 4) is 0 Å². The van der Waals surface area contributed by atoms with Gasteiger partial charge in [-0.15, -0.1) is 0 Å². The minimum Gasteiger partial charge on any atom is -0.401 e. The van der Waals surface area contributed by atoms with Gasteiger partial charge in [-0.05, 0) is 73.1 Å². The number of fused-ring (bicyclic) bond motifs is 1. The molecule has 1 N–H and O–H groups in total. The lowest BCUT2D eigenvalue weighted by atomic mass is 10.00. The molecule has 0 fully saturated rings. The molecule has 0 aliphatic rings. The minimum atomic E-state index is -0.572. The Kier molecular flexibility index (Phi) is 8.16. The summed E-state index contributed by atoms with van der Waals surface area (Å²) in [7, 11) is 0. The molecule has 0 saturated heterocycles. The van der Waals surface area contributed by atoms with E-state index in [1.54, 1.807) is 18.2 Å². The SMILES string of the molecule is CCN(CC)CCCCNC(=O)c1cc(/C=C\c2ccc([N+](=O)[O-])o2)cc2ccccc12. The number of carbonyl (C=O) groups is 1. The summed E-state index contributed by atoms with van der Waals surface area (Å²) in [6, 6.07) is 14.4. The van der Waals surface area contributed by atoms with Crippen molar-refractivity contribution in [1.29, 1.82) is 0 Å². The number of nitrogens with one attached hydrogen (secondary N) is 1. The third-order valence-corrected chi connectivity index (χ3v) is 5.44. The van der Waals surface area contributed by atoms with Crippen LogP contribution in [-0.4, -0.2) is 41.9 Å². The average molecular weight is 436 g/mol. The average Bonchev–Trinajstić information content (AvgIpc) is 3.29. The maximum Gasteiger partial charge on any atom is 0.433 e. The maximum absolute atomic E-state index is 12.9. The monoisotopic (exact) mass is 435 g/mol. The second-order valence-corrected chi connectivity index (χ2v) is 7.55. The van der Waals surface area contributed by atoms with Crippen LogP contribution in [0.2, 0.25) is 0 Å². The molecule has 0 atom stereocenters. The quantitative estimate of drug-likeness (QED) is 0.249. The van der Waals surface area contributed by atoms with Crippen LogP contribution >= 0.6 is 0 Å². The van der Waals surface area contributed by atoms with Gasteiger partial charge in [0, 0.05) is 12.1 Å². The molecule has 32 heavy (non-hydrogen) atoms. The molecule has 0 saturated carbocycles. The fourth-order valence-corrected chi connectivity index (χ4v) is 3.62. The Balaban J connectivity index is 1.72. The molecule has 1 heterocycles. The summed E-state index contributed by atoms with van der Waals surface area (Å²) in [5.74, 6) is -0.0267. The van der Waals surface area contributed by atoms with E-state index in [9.17, 15) is 14.9 Å². The van der Waals surface area contributed by atoms with Gasteiger partial charge in [0.2, 0.25) is 0 Å². The molecule has 2 aromatic carbocycles. The molecule has 168 valence electrons. The molecule has 1 aromatic heterocycles. The zero-order valence-electron chi connectivity index (χ0n) is 18.5. The van der Waals surface area contributed by atoms with Crippen LogP contribution in [0.4, 0.5) is 5.88 Å². The number of benzene rings is 2. The van der Waals surface area contributed by atoms with Crippen molar-refractivity contribution < 1.29 is 14.1 Å². The van der Waals surface area contributed by atoms with Crippen LogP contribution in [0.5, 0.6) is 0 Å². The van der Waals surface area contributed by atoms with Crippen molar-refractivity contribution in [2.24, 2.45) is 0 Å². The van der Waals surface area contributed by atoms with E-state index in [4.69, 9.17) is 4.42 Å². The van der Waals surface area contributed by atoms with E-state index in [0.717, 1.165) is 48.8 Å². The highest BCUT2D eigenvalue weighted by atomic mass is 16.6.